The van der Waals surface area contributed by atoms with Gasteiger partial charge in [0.15, 0.2) is 0 Å². The number of Topliss-reactive ketones (excluding diaryl/α,β-unsaturated/α-hetero) is 1. The summed E-state index contributed by atoms with van der Waals surface area (Å²) in [6.45, 7) is 3.81. The molecule has 7 heteroatoms. The lowest BCUT2D eigenvalue weighted by Crippen LogP contribution is -2.30. The number of fused-ring (bicyclic) bond motifs is 1. The number of aromatic nitrogens is 1. The van der Waals surface area contributed by atoms with E-state index in [2.05, 4.69) is 4.98 Å². The minimum Gasteiger partial charge on any atom is -0.507 e. The summed E-state index contributed by atoms with van der Waals surface area (Å²) in [5, 5.41) is 11.7. The van der Waals surface area contributed by atoms with Gasteiger partial charge in [-0.15, -0.1) is 0 Å². The van der Waals surface area contributed by atoms with Gasteiger partial charge in [0.2, 0.25) is 0 Å². The first-order chi connectivity index (χ1) is 15.8. The third-order valence-corrected chi connectivity index (χ3v) is 6.25. The minimum absolute atomic E-state index is 0.00927. The molecule has 0 radical (unpaired) electrons. The molecule has 0 aliphatic carbocycles. The SMILES string of the molecule is Cc1ccc(Cl)cc1N1C(=O)C(=O)/C(=C(\O)c2ccc3c(c2)CC(C)O3)C1c1ccccn1. The summed E-state index contributed by atoms with van der Waals surface area (Å²) in [6, 6.07) is 14.8. The number of benzene rings is 2. The van der Waals surface area contributed by atoms with Crippen LogP contribution < -0.4 is 9.64 Å². The van der Waals surface area contributed by atoms with Gasteiger partial charge in [-0.1, -0.05) is 23.7 Å². The van der Waals surface area contributed by atoms with Gasteiger partial charge < -0.3 is 9.84 Å². The zero-order valence-corrected chi connectivity index (χ0v) is 18.8. The maximum absolute atomic E-state index is 13.3. The molecule has 6 nitrogen and oxygen atoms in total. The van der Waals surface area contributed by atoms with Crippen LogP contribution in [0, 0.1) is 6.92 Å². The number of hydrogen-bond acceptors (Lipinski definition) is 5. The summed E-state index contributed by atoms with van der Waals surface area (Å²) >= 11 is 6.22. The lowest BCUT2D eigenvalue weighted by molar-refractivity contribution is -0.132. The monoisotopic (exact) mass is 460 g/mol. The van der Waals surface area contributed by atoms with Crippen LogP contribution in [-0.4, -0.2) is 27.9 Å². The predicted octanol–water partition coefficient (Wildman–Crippen LogP) is 4.99. The van der Waals surface area contributed by atoms with Gasteiger partial charge in [-0.05, 0) is 67.4 Å². The van der Waals surface area contributed by atoms with Crippen LogP contribution in [0.4, 0.5) is 5.69 Å². The van der Waals surface area contributed by atoms with Gasteiger partial charge in [0.05, 0.1) is 11.3 Å². The Kier molecular flexibility index (Phi) is 5.17. The number of aryl methyl sites for hydroxylation is 1. The zero-order chi connectivity index (χ0) is 23.3. The Balaban J connectivity index is 1.71. The molecule has 5 rings (SSSR count). The van der Waals surface area contributed by atoms with Crippen molar-refractivity contribution in [3.63, 3.8) is 0 Å². The van der Waals surface area contributed by atoms with Crippen molar-refractivity contribution in [1.82, 2.24) is 4.98 Å². The highest BCUT2D eigenvalue weighted by atomic mass is 35.5. The number of rotatable bonds is 3. The predicted molar refractivity (Wildman–Crippen MR) is 125 cm³/mol. The lowest BCUT2D eigenvalue weighted by Gasteiger charge is -2.26. The number of pyridine rings is 1. The molecule has 1 N–H and O–H groups in total. The van der Waals surface area contributed by atoms with Gasteiger partial charge in [-0.2, -0.15) is 0 Å². The van der Waals surface area contributed by atoms with E-state index < -0.39 is 17.7 Å². The summed E-state index contributed by atoms with van der Waals surface area (Å²) in [4.78, 5) is 32.3. The van der Waals surface area contributed by atoms with Crippen molar-refractivity contribution < 1.29 is 19.4 Å². The smallest absolute Gasteiger partial charge is 0.300 e. The number of hydrogen-bond donors (Lipinski definition) is 1. The van der Waals surface area contributed by atoms with E-state index in [1.165, 1.54) is 4.90 Å². The largest absolute Gasteiger partial charge is 0.507 e. The first kappa shape index (κ1) is 21.2. The fraction of sp³-hybridized carbons (Fsp3) is 0.192. The maximum Gasteiger partial charge on any atom is 0.300 e. The number of halogens is 1. The normalized spacial score (nSPS) is 21.2. The van der Waals surface area contributed by atoms with E-state index in [1.807, 2.05) is 19.9 Å². The summed E-state index contributed by atoms with van der Waals surface area (Å²) in [7, 11) is 0. The molecule has 2 aliphatic rings. The molecule has 33 heavy (non-hydrogen) atoms. The average Bonchev–Trinajstić information content (AvgIpc) is 3.31. The van der Waals surface area contributed by atoms with Crippen molar-refractivity contribution in [2.75, 3.05) is 4.90 Å². The highest BCUT2D eigenvalue weighted by Crippen LogP contribution is 2.43. The van der Waals surface area contributed by atoms with Crippen LogP contribution in [0.5, 0.6) is 5.75 Å². The van der Waals surface area contributed by atoms with Crippen LogP contribution in [0.3, 0.4) is 0 Å². The molecule has 1 fully saturated rings. The first-order valence-electron chi connectivity index (χ1n) is 10.6. The molecule has 166 valence electrons. The summed E-state index contributed by atoms with van der Waals surface area (Å²) in [5.41, 5.74) is 3.12. The Hall–Kier alpha value is -3.64. The molecular formula is C26H21ClN2O4. The maximum atomic E-state index is 13.3. The summed E-state index contributed by atoms with van der Waals surface area (Å²) < 4.78 is 5.75. The topological polar surface area (TPSA) is 79.7 Å². The fourth-order valence-corrected chi connectivity index (χ4v) is 4.63. The molecule has 0 bridgehead atoms. The van der Waals surface area contributed by atoms with Crippen LogP contribution in [0.25, 0.3) is 5.76 Å². The van der Waals surface area contributed by atoms with Gasteiger partial charge in [-0.25, -0.2) is 0 Å². The molecule has 0 saturated carbocycles. The van der Waals surface area contributed by atoms with E-state index >= 15 is 0 Å². The minimum atomic E-state index is -0.896. The van der Waals surface area contributed by atoms with Gasteiger partial charge in [0.25, 0.3) is 11.7 Å². The third-order valence-electron chi connectivity index (χ3n) is 6.01. The average molecular weight is 461 g/mol. The van der Waals surface area contributed by atoms with Gasteiger partial charge in [0, 0.05) is 28.9 Å². The van der Waals surface area contributed by atoms with Crippen LogP contribution in [0.1, 0.15) is 35.3 Å². The molecule has 1 saturated heterocycles. The highest BCUT2D eigenvalue weighted by Gasteiger charge is 2.48. The van der Waals surface area contributed by atoms with E-state index in [1.54, 1.807) is 54.7 Å². The quantitative estimate of drug-likeness (QED) is 0.338. The van der Waals surface area contributed by atoms with E-state index in [0.29, 0.717) is 28.4 Å². The Morgan fingerprint density at radius 3 is 2.73 bits per heavy atom. The van der Waals surface area contributed by atoms with Crippen LogP contribution in [-0.2, 0) is 16.0 Å². The third kappa shape index (κ3) is 3.56. The van der Waals surface area contributed by atoms with Crippen LogP contribution >= 0.6 is 11.6 Å². The van der Waals surface area contributed by atoms with E-state index in [0.717, 1.165) is 16.9 Å². The first-order valence-corrected chi connectivity index (χ1v) is 11.0. The molecule has 1 amide bonds. The van der Waals surface area contributed by atoms with Gasteiger partial charge >= 0.3 is 0 Å². The summed E-state index contributed by atoms with van der Waals surface area (Å²) in [6.07, 6.45) is 2.34. The molecule has 2 atom stereocenters. The molecule has 2 aliphatic heterocycles. The fourth-order valence-electron chi connectivity index (χ4n) is 4.47. The molecule has 2 unspecified atom stereocenters. The number of amides is 1. The van der Waals surface area contributed by atoms with Crippen molar-refractivity contribution in [3.05, 3.63) is 93.8 Å². The zero-order valence-electron chi connectivity index (χ0n) is 18.1. The molecule has 0 spiro atoms. The van der Waals surface area contributed by atoms with Crippen molar-refractivity contribution in [2.45, 2.75) is 32.4 Å². The lowest BCUT2D eigenvalue weighted by atomic mass is 9.96. The number of carbonyl (C=O) groups is 2. The molecule has 1 aromatic heterocycles. The number of aliphatic hydroxyl groups excluding tert-OH is 1. The van der Waals surface area contributed by atoms with Gasteiger partial charge in [-0.3, -0.25) is 19.5 Å². The van der Waals surface area contributed by atoms with Crippen LogP contribution in [0.2, 0.25) is 5.02 Å². The number of ether oxygens (including phenoxy) is 1. The Morgan fingerprint density at radius 2 is 1.97 bits per heavy atom. The van der Waals surface area contributed by atoms with Crippen molar-refractivity contribution >= 4 is 34.7 Å². The van der Waals surface area contributed by atoms with Crippen molar-refractivity contribution in [3.8, 4) is 5.75 Å². The second-order valence-corrected chi connectivity index (χ2v) is 8.75. The summed E-state index contributed by atoms with van der Waals surface area (Å²) in [5.74, 6) is -0.993. The number of carbonyl (C=O) groups excluding carboxylic acids is 2. The Morgan fingerprint density at radius 1 is 1.15 bits per heavy atom. The number of ketones is 1. The van der Waals surface area contributed by atoms with Crippen molar-refractivity contribution in [1.29, 1.82) is 0 Å². The molecular weight excluding hydrogens is 440 g/mol. The number of nitrogens with zero attached hydrogens (tertiary/aromatic N) is 2. The second-order valence-electron chi connectivity index (χ2n) is 8.31. The standard InChI is InChI=1S/C26H21ClN2O4/c1-14-6-8-18(27)13-20(14)29-23(19-5-3-4-10-28-19)22(25(31)26(29)32)24(30)16-7-9-21-17(12-16)11-15(2)33-21/h3-10,12-13,15,23,30H,11H2,1-2H3/b24-22-. The second kappa shape index (κ2) is 8.05. The van der Waals surface area contributed by atoms with E-state index in [9.17, 15) is 14.7 Å². The van der Waals surface area contributed by atoms with Crippen molar-refractivity contribution in [2.24, 2.45) is 0 Å². The number of anilines is 1. The Labute approximate surface area is 196 Å². The van der Waals surface area contributed by atoms with E-state index in [-0.39, 0.29) is 17.4 Å². The molecule has 3 aromatic rings. The van der Waals surface area contributed by atoms with Gasteiger partial charge in [0.1, 0.15) is 23.7 Å². The Bertz CT molecular complexity index is 1320. The molecule has 2 aromatic carbocycles. The molecule has 3 heterocycles. The van der Waals surface area contributed by atoms with Crippen LogP contribution in [0.15, 0.2) is 66.4 Å². The highest BCUT2D eigenvalue weighted by molar-refractivity contribution is 6.52. The van der Waals surface area contributed by atoms with E-state index in [4.69, 9.17) is 16.3 Å². The number of aliphatic hydroxyl groups is 1.